The third-order valence-corrected chi connectivity index (χ3v) is 4.13. The van der Waals surface area contributed by atoms with Crippen LogP contribution in [0.25, 0.3) is 0 Å². The van der Waals surface area contributed by atoms with Crippen LogP contribution in [-0.2, 0) is 6.42 Å². The Balaban J connectivity index is 1.71. The molecule has 2 aromatic carbocycles. The van der Waals surface area contributed by atoms with Gasteiger partial charge in [-0.25, -0.2) is 0 Å². The van der Waals surface area contributed by atoms with E-state index in [4.69, 9.17) is 15.2 Å². The SMILES string of the molecule is COc1ccc(CCN=C(N)NCCNC(=O)c2cccc(C)c2)cc1OC. The summed E-state index contributed by atoms with van der Waals surface area (Å²) >= 11 is 0. The summed E-state index contributed by atoms with van der Waals surface area (Å²) in [6.07, 6.45) is 0.729. The fourth-order valence-electron chi connectivity index (χ4n) is 2.65. The van der Waals surface area contributed by atoms with Crippen molar-refractivity contribution in [3.05, 3.63) is 59.2 Å². The molecule has 0 aromatic heterocycles. The van der Waals surface area contributed by atoms with Crippen LogP contribution in [-0.4, -0.2) is 45.7 Å². The number of amides is 1. The van der Waals surface area contributed by atoms with Crippen molar-refractivity contribution in [2.24, 2.45) is 10.7 Å². The van der Waals surface area contributed by atoms with Gasteiger partial charge in [-0.05, 0) is 43.2 Å². The molecule has 150 valence electrons. The van der Waals surface area contributed by atoms with E-state index in [1.54, 1.807) is 20.3 Å². The number of hydrogen-bond donors (Lipinski definition) is 3. The molecule has 4 N–H and O–H groups in total. The summed E-state index contributed by atoms with van der Waals surface area (Å²) < 4.78 is 10.5. The van der Waals surface area contributed by atoms with Gasteiger partial charge in [0.2, 0.25) is 0 Å². The van der Waals surface area contributed by atoms with Gasteiger partial charge in [0.1, 0.15) is 0 Å². The highest BCUT2D eigenvalue weighted by Gasteiger charge is 2.05. The number of aryl methyl sites for hydroxylation is 1. The number of ether oxygens (including phenoxy) is 2. The molecule has 7 heteroatoms. The number of benzene rings is 2. The molecule has 0 spiro atoms. The lowest BCUT2D eigenvalue weighted by Gasteiger charge is -2.09. The Labute approximate surface area is 165 Å². The molecule has 2 rings (SSSR count). The van der Waals surface area contributed by atoms with Crippen LogP contribution in [0, 0.1) is 6.92 Å². The van der Waals surface area contributed by atoms with Gasteiger partial charge < -0.3 is 25.8 Å². The lowest BCUT2D eigenvalue weighted by molar-refractivity contribution is 0.0954. The van der Waals surface area contributed by atoms with Gasteiger partial charge in [-0.1, -0.05) is 23.8 Å². The number of aliphatic imine (C=N–C) groups is 1. The van der Waals surface area contributed by atoms with Crippen molar-refractivity contribution in [3.63, 3.8) is 0 Å². The van der Waals surface area contributed by atoms with Crippen LogP contribution < -0.4 is 25.8 Å². The molecule has 0 saturated heterocycles. The third kappa shape index (κ3) is 6.50. The largest absolute Gasteiger partial charge is 0.493 e. The van der Waals surface area contributed by atoms with Gasteiger partial charge in [-0.15, -0.1) is 0 Å². The fourth-order valence-corrected chi connectivity index (χ4v) is 2.65. The van der Waals surface area contributed by atoms with E-state index >= 15 is 0 Å². The minimum Gasteiger partial charge on any atom is -0.493 e. The normalized spacial score (nSPS) is 11.0. The third-order valence-electron chi connectivity index (χ3n) is 4.13. The van der Waals surface area contributed by atoms with Crippen molar-refractivity contribution in [1.29, 1.82) is 0 Å². The molecule has 0 heterocycles. The van der Waals surface area contributed by atoms with Gasteiger partial charge in [0.25, 0.3) is 5.91 Å². The Morgan fingerprint density at radius 1 is 1.04 bits per heavy atom. The van der Waals surface area contributed by atoms with Crippen molar-refractivity contribution < 1.29 is 14.3 Å². The average Bonchev–Trinajstić information content (AvgIpc) is 2.70. The maximum Gasteiger partial charge on any atom is 0.251 e. The molecule has 28 heavy (non-hydrogen) atoms. The molecule has 1 amide bonds. The molecular weight excluding hydrogens is 356 g/mol. The zero-order valence-corrected chi connectivity index (χ0v) is 16.6. The zero-order chi connectivity index (χ0) is 20.4. The van der Waals surface area contributed by atoms with E-state index in [0.29, 0.717) is 42.7 Å². The highest BCUT2D eigenvalue weighted by atomic mass is 16.5. The highest BCUT2D eigenvalue weighted by Crippen LogP contribution is 2.27. The predicted octanol–water partition coefficient (Wildman–Crippen LogP) is 1.89. The zero-order valence-electron chi connectivity index (χ0n) is 16.6. The molecule has 0 aliphatic heterocycles. The van der Waals surface area contributed by atoms with Gasteiger partial charge in [-0.2, -0.15) is 0 Å². The van der Waals surface area contributed by atoms with E-state index in [0.717, 1.165) is 17.5 Å². The van der Waals surface area contributed by atoms with Crippen LogP contribution in [0.5, 0.6) is 11.5 Å². The number of carbonyl (C=O) groups excluding carboxylic acids is 1. The van der Waals surface area contributed by atoms with E-state index in [1.807, 2.05) is 43.3 Å². The fraction of sp³-hybridized carbons (Fsp3) is 0.333. The highest BCUT2D eigenvalue weighted by molar-refractivity contribution is 5.94. The Morgan fingerprint density at radius 3 is 2.50 bits per heavy atom. The van der Waals surface area contributed by atoms with Gasteiger partial charge in [0.05, 0.1) is 14.2 Å². The van der Waals surface area contributed by atoms with Crippen molar-refractivity contribution in [3.8, 4) is 11.5 Å². The Hall–Kier alpha value is -3.22. The summed E-state index contributed by atoms with van der Waals surface area (Å²) in [4.78, 5) is 16.4. The summed E-state index contributed by atoms with van der Waals surface area (Å²) in [5, 5.41) is 5.85. The molecule has 2 aromatic rings. The number of carbonyl (C=O) groups is 1. The van der Waals surface area contributed by atoms with Crippen LogP contribution >= 0.6 is 0 Å². The van der Waals surface area contributed by atoms with Crippen LogP contribution in [0.3, 0.4) is 0 Å². The minimum atomic E-state index is -0.102. The van der Waals surface area contributed by atoms with E-state index < -0.39 is 0 Å². The maximum absolute atomic E-state index is 12.0. The summed E-state index contributed by atoms with van der Waals surface area (Å²) in [5.74, 6) is 1.64. The monoisotopic (exact) mass is 384 g/mol. The first-order valence-corrected chi connectivity index (χ1v) is 9.13. The molecule has 0 unspecified atom stereocenters. The number of methoxy groups -OCH3 is 2. The van der Waals surface area contributed by atoms with Crippen molar-refractivity contribution >= 4 is 11.9 Å². The number of nitrogens with one attached hydrogen (secondary N) is 2. The van der Waals surface area contributed by atoms with Gasteiger partial charge in [-0.3, -0.25) is 9.79 Å². The van der Waals surface area contributed by atoms with E-state index in [2.05, 4.69) is 15.6 Å². The number of guanidine groups is 1. The Morgan fingerprint density at radius 2 is 1.79 bits per heavy atom. The molecule has 0 fully saturated rings. The quantitative estimate of drug-likeness (QED) is 0.348. The molecule has 7 nitrogen and oxygen atoms in total. The molecule has 0 saturated carbocycles. The smallest absolute Gasteiger partial charge is 0.251 e. The lowest BCUT2D eigenvalue weighted by Crippen LogP contribution is -2.38. The standard InChI is InChI=1S/C21H28N4O3/c1-15-5-4-6-17(13-15)20(26)23-11-12-25-21(22)24-10-9-16-7-8-18(27-2)19(14-16)28-3/h4-8,13-14H,9-12H2,1-3H3,(H,23,26)(H3,22,24,25). The number of nitrogens with zero attached hydrogens (tertiary/aromatic N) is 1. The second kappa shape index (κ2) is 10.8. The number of rotatable bonds is 9. The lowest BCUT2D eigenvalue weighted by atomic mass is 10.1. The first-order valence-electron chi connectivity index (χ1n) is 9.13. The molecule has 0 aliphatic carbocycles. The number of nitrogens with two attached hydrogens (primary N) is 1. The molecule has 0 radical (unpaired) electrons. The van der Waals surface area contributed by atoms with Crippen LogP contribution in [0.4, 0.5) is 0 Å². The van der Waals surface area contributed by atoms with Crippen molar-refractivity contribution in [2.45, 2.75) is 13.3 Å². The van der Waals surface area contributed by atoms with Gasteiger partial charge in [0, 0.05) is 25.2 Å². The first-order chi connectivity index (χ1) is 13.5. The maximum atomic E-state index is 12.0. The van der Waals surface area contributed by atoms with Gasteiger partial charge in [0.15, 0.2) is 17.5 Å². The number of hydrogen-bond acceptors (Lipinski definition) is 4. The van der Waals surface area contributed by atoms with Gasteiger partial charge >= 0.3 is 0 Å². The topological polar surface area (TPSA) is 98.0 Å². The van der Waals surface area contributed by atoms with Crippen LogP contribution in [0.2, 0.25) is 0 Å². The average molecular weight is 384 g/mol. The summed E-state index contributed by atoms with van der Waals surface area (Å²) in [7, 11) is 3.22. The van der Waals surface area contributed by atoms with Crippen molar-refractivity contribution in [1.82, 2.24) is 10.6 Å². The molecule has 0 aliphatic rings. The molecule has 0 bridgehead atoms. The second-order valence-corrected chi connectivity index (χ2v) is 6.26. The van der Waals surface area contributed by atoms with E-state index in [-0.39, 0.29) is 5.91 Å². The Kier molecular flexibility index (Phi) is 8.14. The van der Waals surface area contributed by atoms with E-state index in [1.165, 1.54) is 0 Å². The van der Waals surface area contributed by atoms with Crippen LogP contribution in [0.15, 0.2) is 47.5 Å². The van der Waals surface area contributed by atoms with Crippen LogP contribution in [0.1, 0.15) is 21.5 Å². The predicted molar refractivity (Wildman–Crippen MR) is 111 cm³/mol. The minimum absolute atomic E-state index is 0.102. The summed E-state index contributed by atoms with van der Waals surface area (Å²) in [6, 6.07) is 13.2. The Bertz CT molecular complexity index is 821. The first kappa shape index (κ1) is 21.1. The summed E-state index contributed by atoms with van der Waals surface area (Å²) in [5.41, 5.74) is 8.65. The van der Waals surface area contributed by atoms with Crippen molar-refractivity contribution in [2.75, 3.05) is 33.9 Å². The molecule has 0 atom stereocenters. The second-order valence-electron chi connectivity index (χ2n) is 6.26. The molecular formula is C21H28N4O3. The van der Waals surface area contributed by atoms with E-state index in [9.17, 15) is 4.79 Å². The summed E-state index contributed by atoms with van der Waals surface area (Å²) in [6.45, 7) is 3.46.